The molecule has 3 nitrogen and oxygen atoms in total. The first-order chi connectivity index (χ1) is 9.63. The highest BCUT2D eigenvalue weighted by Gasteiger charge is 2.41. The van der Waals surface area contributed by atoms with E-state index in [2.05, 4.69) is 35.8 Å². The summed E-state index contributed by atoms with van der Waals surface area (Å²) in [5.41, 5.74) is 0. The molecule has 3 rings (SSSR count). The maximum atomic E-state index is 12.7. The summed E-state index contributed by atoms with van der Waals surface area (Å²) in [6.07, 6.45) is 8.08. The predicted molar refractivity (Wildman–Crippen MR) is 81.3 cm³/mol. The molecule has 1 saturated heterocycles. The van der Waals surface area contributed by atoms with Crippen molar-refractivity contribution < 1.29 is 4.79 Å². The van der Waals surface area contributed by atoms with E-state index < -0.39 is 0 Å². The van der Waals surface area contributed by atoms with Crippen LogP contribution in [0.15, 0.2) is 12.2 Å². The van der Waals surface area contributed by atoms with Gasteiger partial charge in [0.05, 0.1) is 0 Å². The molecule has 3 atom stereocenters. The lowest BCUT2D eigenvalue weighted by molar-refractivity contribution is -0.136. The fourth-order valence-corrected chi connectivity index (χ4v) is 4.19. The number of hydrogen-bond donors (Lipinski definition) is 0. The summed E-state index contributed by atoms with van der Waals surface area (Å²) in [7, 11) is 0. The Morgan fingerprint density at radius 2 is 2.00 bits per heavy atom. The van der Waals surface area contributed by atoms with E-state index >= 15 is 0 Å². The van der Waals surface area contributed by atoms with Crippen LogP contribution in [0.25, 0.3) is 0 Å². The third-order valence-corrected chi connectivity index (χ3v) is 5.12. The molecule has 1 aliphatic heterocycles. The van der Waals surface area contributed by atoms with Gasteiger partial charge in [-0.15, -0.1) is 0 Å². The van der Waals surface area contributed by atoms with E-state index in [4.69, 9.17) is 0 Å². The fourth-order valence-electron chi connectivity index (χ4n) is 4.19. The minimum atomic E-state index is 0.293. The van der Waals surface area contributed by atoms with E-state index in [0.29, 0.717) is 29.6 Å². The Balaban J connectivity index is 1.55. The molecule has 0 N–H and O–H groups in total. The highest BCUT2D eigenvalue weighted by molar-refractivity contribution is 5.80. The van der Waals surface area contributed by atoms with Gasteiger partial charge in [0.2, 0.25) is 5.91 Å². The summed E-state index contributed by atoms with van der Waals surface area (Å²) in [4.78, 5) is 17.4. The predicted octanol–water partition coefficient (Wildman–Crippen LogP) is 2.39. The SMILES string of the molecule is CC(C)CN1CCCN(C(=O)[C@@H]2C[C@@H]3C=C[C@H]2C3)CC1. The molecule has 3 aliphatic rings. The van der Waals surface area contributed by atoms with Crippen LogP contribution in [0.3, 0.4) is 0 Å². The summed E-state index contributed by atoms with van der Waals surface area (Å²) in [6, 6.07) is 0. The zero-order valence-corrected chi connectivity index (χ0v) is 12.9. The van der Waals surface area contributed by atoms with Crippen LogP contribution in [0.5, 0.6) is 0 Å². The van der Waals surface area contributed by atoms with E-state index in [1.807, 2.05) is 0 Å². The molecule has 2 bridgehead atoms. The Labute approximate surface area is 123 Å². The molecule has 0 radical (unpaired) electrons. The Hall–Kier alpha value is -0.830. The Morgan fingerprint density at radius 3 is 2.65 bits per heavy atom. The van der Waals surface area contributed by atoms with E-state index in [1.165, 1.54) is 13.0 Å². The third-order valence-electron chi connectivity index (χ3n) is 5.12. The molecule has 1 heterocycles. The molecule has 0 unspecified atom stereocenters. The molecule has 3 heteroatoms. The van der Waals surface area contributed by atoms with Gasteiger partial charge in [0.25, 0.3) is 0 Å². The number of hydrogen-bond acceptors (Lipinski definition) is 2. The summed E-state index contributed by atoms with van der Waals surface area (Å²) < 4.78 is 0. The molecule has 1 amide bonds. The second kappa shape index (κ2) is 5.88. The van der Waals surface area contributed by atoms with Crippen molar-refractivity contribution in [2.45, 2.75) is 33.1 Å². The van der Waals surface area contributed by atoms with Crippen molar-refractivity contribution in [2.75, 3.05) is 32.7 Å². The maximum Gasteiger partial charge on any atom is 0.226 e. The highest BCUT2D eigenvalue weighted by Crippen LogP contribution is 2.44. The van der Waals surface area contributed by atoms with Gasteiger partial charge in [-0.3, -0.25) is 4.79 Å². The van der Waals surface area contributed by atoms with Crippen molar-refractivity contribution in [1.29, 1.82) is 0 Å². The van der Waals surface area contributed by atoms with Crippen LogP contribution < -0.4 is 0 Å². The van der Waals surface area contributed by atoms with Crippen molar-refractivity contribution in [3.63, 3.8) is 0 Å². The average molecular weight is 276 g/mol. The second-order valence-corrected chi connectivity index (χ2v) is 7.26. The lowest BCUT2D eigenvalue weighted by Crippen LogP contribution is -2.40. The fraction of sp³-hybridized carbons (Fsp3) is 0.824. The van der Waals surface area contributed by atoms with Crippen LogP contribution >= 0.6 is 0 Å². The first-order valence-electron chi connectivity index (χ1n) is 8.33. The second-order valence-electron chi connectivity index (χ2n) is 7.26. The van der Waals surface area contributed by atoms with Crippen molar-refractivity contribution in [3.05, 3.63) is 12.2 Å². The average Bonchev–Trinajstić information content (AvgIpc) is 2.96. The molecule has 0 spiro atoms. The molecule has 20 heavy (non-hydrogen) atoms. The van der Waals surface area contributed by atoms with Gasteiger partial charge >= 0.3 is 0 Å². The normalized spacial score (nSPS) is 34.0. The Bertz CT molecular complexity index is 390. The number of rotatable bonds is 3. The van der Waals surface area contributed by atoms with Crippen molar-refractivity contribution in [2.24, 2.45) is 23.7 Å². The summed E-state index contributed by atoms with van der Waals surface area (Å²) in [5, 5.41) is 0. The van der Waals surface area contributed by atoms with Crippen LogP contribution in [0, 0.1) is 23.7 Å². The van der Waals surface area contributed by atoms with Crippen LogP contribution in [0.4, 0.5) is 0 Å². The number of nitrogens with zero attached hydrogens (tertiary/aromatic N) is 2. The molecular weight excluding hydrogens is 248 g/mol. The molecule has 0 aromatic rings. The minimum Gasteiger partial charge on any atom is -0.341 e. The van der Waals surface area contributed by atoms with Crippen molar-refractivity contribution >= 4 is 5.91 Å². The zero-order valence-electron chi connectivity index (χ0n) is 12.9. The van der Waals surface area contributed by atoms with Crippen LogP contribution in [-0.4, -0.2) is 48.4 Å². The van der Waals surface area contributed by atoms with Crippen LogP contribution in [-0.2, 0) is 4.79 Å². The highest BCUT2D eigenvalue weighted by atomic mass is 16.2. The molecule has 0 aromatic heterocycles. The molecule has 2 fully saturated rings. The largest absolute Gasteiger partial charge is 0.341 e. The molecule has 112 valence electrons. The van der Waals surface area contributed by atoms with Crippen LogP contribution in [0.1, 0.15) is 33.1 Å². The first-order valence-corrected chi connectivity index (χ1v) is 8.33. The van der Waals surface area contributed by atoms with E-state index in [-0.39, 0.29) is 0 Å². The summed E-state index contributed by atoms with van der Waals surface area (Å²) in [6.45, 7) is 9.82. The van der Waals surface area contributed by atoms with Gasteiger partial charge in [-0.2, -0.15) is 0 Å². The number of carbonyl (C=O) groups is 1. The number of amides is 1. The van der Waals surface area contributed by atoms with Crippen molar-refractivity contribution in [3.8, 4) is 0 Å². The standard InChI is InChI=1S/C17H28N2O/c1-13(2)12-18-6-3-7-19(9-8-18)17(20)16-11-14-4-5-15(16)10-14/h4-5,13-16H,3,6-12H2,1-2H3/t14-,15+,16-/m1/s1. The lowest BCUT2D eigenvalue weighted by Gasteiger charge is -2.27. The van der Waals surface area contributed by atoms with Gasteiger partial charge < -0.3 is 9.80 Å². The molecule has 0 aromatic carbocycles. The van der Waals surface area contributed by atoms with Crippen LogP contribution in [0.2, 0.25) is 0 Å². The molecule has 1 saturated carbocycles. The topological polar surface area (TPSA) is 23.6 Å². The van der Waals surface area contributed by atoms with Gasteiger partial charge in [-0.25, -0.2) is 0 Å². The monoisotopic (exact) mass is 276 g/mol. The molecule has 2 aliphatic carbocycles. The number of fused-ring (bicyclic) bond motifs is 2. The number of allylic oxidation sites excluding steroid dienone is 2. The van der Waals surface area contributed by atoms with Gasteiger partial charge in [0.1, 0.15) is 0 Å². The smallest absolute Gasteiger partial charge is 0.226 e. The quantitative estimate of drug-likeness (QED) is 0.739. The number of carbonyl (C=O) groups excluding carboxylic acids is 1. The molecular formula is C17H28N2O. The first kappa shape index (κ1) is 14.1. The third kappa shape index (κ3) is 2.93. The Morgan fingerprint density at radius 1 is 1.15 bits per heavy atom. The summed E-state index contributed by atoms with van der Waals surface area (Å²) in [5.74, 6) is 2.68. The van der Waals surface area contributed by atoms with E-state index in [9.17, 15) is 4.79 Å². The van der Waals surface area contributed by atoms with E-state index in [1.54, 1.807) is 0 Å². The Kier molecular flexibility index (Phi) is 4.16. The zero-order chi connectivity index (χ0) is 14.1. The van der Waals surface area contributed by atoms with Gasteiger partial charge in [0.15, 0.2) is 0 Å². The van der Waals surface area contributed by atoms with Gasteiger partial charge in [-0.1, -0.05) is 26.0 Å². The summed E-state index contributed by atoms with van der Waals surface area (Å²) >= 11 is 0. The van der Waals surface area contributed by atoms with Gasteiger partial charge in [-0.05, 0) is 43.6 Å². The maximum absolute atomic E-state index is 12.7. The van der Waals surface area contributed by atoms with Crippen molar-refractivity contribution in [1.82, 2.24) is 9.80 Å². The minimum absolute atomic E-state index is 0.293. The van der Waals surface area contributed by atoms with Gasteiger partial charge in [0, 0.05) is 32.1 Å². The lowest BCUT2D eigenvalue weighted by atomic mass is 9.92. The van der Waals surface area contributed by atoms with E-state index in [0.717, 1.165) is 39.0 Å².